The average Bonchev–Trinajstić information content (AvgIpc) is 2.89. The smallest absolute Gasteiger partial charge is 0.342 e. The number of aromatic amines is 1. The van der Waals surface area contributed by atoms with Crippen LogP contribution in [-0.2, 0) is 11.0 Å². The highest BCUT2D eigenvalue weighted by atomic mass is 35.5. The molecule has 9 heteroatoms. The first-order valence-corrected chi connectivity index (χ1v) is 8.00. The molecular weight excluding hydrogens is 347 g/mol. The number of hydrogen-bond donors (Lipinski definition) is 1. The first-order chi connectivity index (χ1) is 11.3. The van der Waals surface area contributed by atoms with Crippen LogP contribution >= 0.6 is 11.6 Å². The largest absolute Gasteiger partial charge is 0.418 e. The third kappa shape index (κ3) is 2.90. The number of nitrogens with zero attached hydrogens (tertiary/aromatic N) is 2. The fraction of sp³-hybridized carbons (Fsp3) is 0.467. The van der Waals surface area contributed by atoms with Crippen molar-refractivity contribution in [3.63, 3.8) is 0 Å². The molecule has 0 bridgehead atoms. The highest BCUT2D eigenvalue weighted by molar-refractivity contribution is 6.27. The highest BCUT2D eigenvalue weighted by Gasteiger charge is 2.36. The van der Waals surface area contributed by atoms with Gasteiger partial charge in [0.25, 0.3) is 0 Å². The average molecular weight is 362 g/mol. The van der Waals surface area contributed by atoms with E-state index in [0.29, 0.717) is 25.9 Å². The molecule has 1 aromatic carbocycles. The van der Waals surface area contributed by atoms with Crippen molar-refractivity contribution in [2.75, 3.05) is 19.0 Å². The Bertz CT molecular complexity index is 819. The Kier molecular flexibility index (Phi) is 4.33. The molecule has 2 heterocycles. The van der Waals surface area contributed by atoms with Crippen molar-refractivity contribution in [3.05, 3.63) is 34.2 Å². The number of aromatic nitrogens is 2. The van der Waals surface area contributed by atoms with Crippen LogP contribution in [0.25, 0.3) is 11.0 Å². The zero-order valence-electron chi connectivity index (χ0n) is 12.6. The lowest BCUT2D eigenvalue weighted by Crippen LogP contribution is -2.41. The van der Waals surface area contributed by atoms with Gasteiger partial charge in [-0.15, -0.1) is 11.6 Å². The summed E-state index contributed by atoms with van der Waals surface area (Å²) in [5.74, 6) is -0.340. The van der Waals surface area contributed by atoms with Crippen molar-refractivity contribution >= 4 is 28.5 Å². The molecule has 1 fully saturated rings. The van der Waals surface area contributed by atoms with Crippen molar-refractivity contribution < 1.29 is 18.0 Å². The van der Waals surface area contributed by atoms with Crippen LogP contribution in [0.3, 0.4) is 0 Å². The summed E-state index contributed by atoms with van der Waals surface area (Å²) >= 11 is 5.52. The van der Waals surface area contributed by atoms with Crippen LogP contribution in [0.5, 0.6) is 0 Å². The first kappa shape index (κ1) is 16.9. The Morgan fingerprint density at radius 2 is 1.96 bits per heavy atom. The van der Waals surface area contributed by atoms with Gasteiger partial charge >= 0.3 is 11.9 Å². The van der Waals surface area contributed by atoms with Gasteiger partial charge in [0.15, 0.2) is 0 Å². The summed E-state index contributed by atoms with van der Waals surface area (Å²) in [7, 11) is 0. The number of piperidine rings is 1. The lowest BCUT2D eigenvalue weighted by molar-refractivity contribution is -0.136. The molecule has 2 aromatic rings. The lowest BCUT2D eigenvalue weighted by atomic mass is 10.0. The standard InChI is InChI=1S/C15H15ClF3N3O2/c16-8-12(23)21-6-4-9(5-7-21)22-13-10(15(17,18)19)2-1-3-11(13)20-14(22)24/h1-3,9H,4-8H2,(H,20,24). The second-order valence-corrected chi connectivity index (χ2v) is 6.01. The summed E-state index contributed by atoms with van der Waals surface area (Å²) in [6.07, 6.45) is -3.74. The quantitative estimate of drug-likeness (QED) is 0.836. The summed E-state index contributed by atoms with van der Waals surface area (Å²) in [5.41, 5.74) is -1.37. The molecule has 1 aliphatic heterocycles. The van der Waals surface area contributed by atoms with Gasteiger partial charge in [0.2, 0.25) is 5.91 Å². The Balaban J connectivity index is 2.00. The Labute approximate surface area is 140 Å². The number of alkyl halides is 4. The van der Waals surface area contributed by atoms with E-state index in [4.69, 9.17) is 11.6 Å². The lowest BCUT2D eigenvalue weighted by Gasteiger charge is -2.32. The summed E-state index contributed by atoms with van der Waals surface area (Å²) in [6, 6.07) is 3.30. The molecule has 1 amide bonds. The van der Waals surface area contributed by atoms with E-state index in [1.54, 1.807) is 4.90 Å². The third-order valence-corrected chi connectivity index (χ3v) is 4.57. The van der Waals surface area contributed by atoms with E-state index in [9.17, 15) is 22.8 Å². The number of halogens is 4. The number of para-hydroxylation sites is 1. The Hall–Kier alpha value is -1.96. The van der Waals surface area contributed by atoms with Gasteiger partial charge in [-0.2, -0.15) is 13.2 Å². The number of H-pyrrole nitrogens is 1. The molecule has 0 radical (unpaired) electrons. The van der Waals surface area contributed by atoms with Gasteiger partial charge in [-0.25, -0.2) is 4.79 Å². The molecule has 3 rings (SSSR count). The van der Waals surface area contributed by atoms with E-state index in [0.717, 1.165) is 6.07 Å². The minimum atomic E-state index is -4.55. The zero-order chi connectivity index (χ0) is 17.5. The zero-order valence-corrected chi connectivity index (χ0v) is 13.3. The maximum absolute atomic E-state index is 13.3. The number of imidazole rings is 1. The van der Waals surface area contributed by atoms with Crippen molar-refractivity contribution in [3.8, 4) is 0 Å². The van der Waals surface area contributed by atoms with E-state index in [1.165, 1.54) is 16.7 Å². The summed E-state index contributed by atoms with van der Waals surface area (Å²) in [5, 5.41) is 0. The number of likely N-dealkylation sites (tertiary alicyclic amines) is 1. The van der Waals surface area contributed by atoms with Gasteiger partial charge in [-0.05, 0) is 25.0 Å². The van der Waals surface area contributed by atoms with Crippen molar-refractivity contribution in [1.29, 1.82) is 0 Å². The van der Waals surface area contributed by atoms with Gasteiger partial charge in [-0.1, -0.05) is 6.07 Å². The van der Waals surface area contributed by atoms with Crippen LogP contribution in [0.15, 0.2) is 23.0 Å². The Morgan fingerprint density at radius 1 is 1.29 bits per heavy atom. The number of hydrogen-bond acceptors (Lipinski definition) is 2. The van der Waals surface area contributed by atoms with Gasteiger partial charge in [0.05, 0.1) is 16.6 Å². The van der Waals surface area contributed by atoms with Gasteiger partial charge in [0, 0.05) is 19.1 Å². The topological polar surface area (TPSA) is 58.1 Å². The predicted octanol–water partition coefficient (Wildman–Crippen LogP) is 2.75. The molecule has 0 spiro atoms. The van der Waals surface area contributed by atoms with Crippen molar-refractivity contribution in [1.82, 2.24) is 14.5 Å². The number of amides is 1. The van der Waals surface area contributed by atoms with E-state index in [2.05, 4.69) is 4.98 Å². The molecule has 0 atom stereocenters. The van der Waals surface area contributed by atoms with Crippen LogP contribution in [0, 0.1) is 0 Å². The maximum atomic E-state index is 13.3. The normalized spacial score (nSPS) is 16.8. The molecule has 5 nitrogen and oxygen atoms in total. The van der Waals surface area contributed by atoms with E-state index in [-0.39, 0.29) is 22.8 Å². The number of benzene rings is 1. The van der Waals surface area contributed by atoms with Gasteiger partial charge in [-0.3, -0.25) is 9.36 Å². The van der Waals surface area contributed by atoms with Crippen LogP contribution < -0.4 is 5.69 Å². The minimum absolute atomic E-state index is 0.128. The fourth-order valence-corrected chi connectivity index (χ4v) is 3.39. The second kappa shape index (κ2) is 6.16. The Morgan fingerprint density at radius 3 is 2.54 bits per heavy atom. The number of rotatable bonds is 2. The van der Waals surface area contributed by atoms with Gasteiger partial charge < -0.3 is 9.88 Å². The van der Waals surface area contributed by atoms with Crippen molar-refractivity contribution in [2.45, 2.75) is 25.1 Å². The van der Waals surface area contributed by atoms with Gasteiger partial charge in [0.1, 0.15) is 5.88 Å². The molecular formula is C15H15ClF3N3O2. The number of carbonyl (C=O) groups is 1. The maximum Gasteiger partial charge on any atom is 0.418 e. The molecule has 1 N–H and O–H groups in total. The molecule has 0 saturated carbocycles. The predicted molar refractivity (Wildman–Crippen MR) is 83.1 cm³/mol. The molecule has 1 aliphatic rings. The second-order valence-electron chi connectivity index (χ2n) is 5.75. The SMILES string of the molecule is O=C(CCl)N1CCC(n2c(=O)[nH]c3cccc(C(F)(F)F)c32)CC1. The van der Waals surface area contributed by atoms with Crippen LogP contribution in [0.2, 0.25) is 0 Å². The first-order valence-electron chi connectivity index (χ1n) is 7.47. The molecule has 0 unspecified atom stereocenters. The summed E-state index contributed by atoms with van der Waals surface area (Å²) in [6.45, 7) is 0.729. The van der Waals surface area contributed by atoms with Crippen molar-refractivity contribution in [2.24, 2.45) is 0 Å². The number of nitrogens with one attached hydrogen (secondary N) is 1. The monoisotopic (exact) mass is 361 g/mol. The van der Waals surface area contributed by atoms with Crippen LogP contribution in [0.1, 0.15) is 24.4 Å². The molecule has 0 aliphatic carbocycles. The fourth-order valence-electron chi connectivity index (χ4n) is 3.22. The van der Waals surface area contributed by atoms with Crippen LogP contribution in [-0.4, -0.2) is 39.3 Å². The molecule has 1 aromatic heterocycles. The summed E-state index contributed by atoms with van der Waals surface area (Å²) < 4.78 is 41.1. The third-order valence-electron chi connectivity index (χ3n) is 4.34. The molecule has 24 heavy (non-hydrogen) atoms. The summed E-state index contributed by atoms with van der Waals surface area (Å²) in [4.78, 5) is 27.9. The number of fused-ring (bicyclic) bond motifs is 1. The molecule has 130 valence electrons. The highest BCUT2D eigenvalue weighted by Crippen LogP contribution is 2.36. The van der Waals surface area contributed by atoms with E-state index in [1.807, 2.05) is 0 Å². The van der Waals surface area contributed by atoms with E-state index >= 15 is 0 Å². The number of carbonyl (C=O) groups excluding carboxylic acids is 1. The minimum Gasteiger partial charge on any atom is -0.342 e. The molecule has 1 saturated heterocycles. The van der Waals surface area contributed by atoms with Crippen LogP contribution in [0.4, 0.5) is 13.2 Å². The van der Waals surface area contributed by atoms with E-state index < -0.39 is 23.5 Å².